The lowest BCUT2D eigenvalue weighted by Gasteiger charge is -2.22. The van der Waals surface area contributed by atoms with Crippen molar-refractivity contribution in [1.29, 1.82) is 0 Å². The van der Waals surface area contributed by atoms with Crippen LogP contribution in [0.1, 0.15) is 46.0 Å². The van der Waals surface area contributed by atoms with Crippen LogP contribution >= 0.6 is 0 Å². The van der Waals surface area contributed by atoms with Crippen LogP contribution in [0.15, 0.2) is 24.3 Å². The van der Waals surface area contributed by atoms with Crippen molar-refractivity contribution < 1.29 is 14.7 Å². The summed E-state index contributed by atoms with van der Waals surface area (Å²) in [4.78, 5) is 22.4. The molecule has 2 amide bonds. The molecule has 0 spiro atoms. The summed E-state index contributed by atoms with van der Waals surface area (Å²) in [5.74, 6) is 1.77. The predicted molar refractivity (Wildman–Crippen MR) is 103 cm³/mol. The normalized spacial score (nSPS) is 26.6. The van der Waals surface area contributed by atoms with Gasteiger partial charge in [-0.25, -0.2) is 0 Å². The molecule has 1 aromatic carbocycles. The molecule has 4 N–H and O–H groups in total. The van der Waals surface area contributed by atoms with E-state index in [1.54, 1.807) is 12.1 Å². The highest BCUT2D eigenvalue weighted by Crippen LogP contribution is 2.33. The molecule has 3 aliphatic rings. The summed E-state index contributed by atoms with van der Waals surface area (Å²) in [6.45, 7) is 6.62. The van der Waals surface area contributed by atoms with Gasteiger partial charge in [0.2, 0.25) is 11.8 Å². The largest absolute Gasteiger partial charge is 0.508 e. The maximum absolute atomic E-state index is 11.4. The summed E-state index contributed by atoms with van der Waals surface area (Å²) >= 11 is 0. The third kappa shape index (κ3) is 5.73. The minimum absolute atomic E-state index is 0.175. The number of amides is 2. The van der Waals surface area contributed by atoms with Crippen molar-refractivity contribution in [3.05, 3.63) is 24.3 Å². The number of aromatic hydroxyl groups is 1. The van der Waals surface area contributed by atoms with Gasteiger partial charge in [0.05, 0.1) is 0 Å². The summed E-state index contributed by atoms with van der Waals surface area (Å²) in [6, 6.07) is 6.04. The number of anilines is 1. The highest BCUT2D eigenvalue weighted by molar-refractivity contribution is 6.01. The molecule has 6 nitrogen and oxygen atoms in total. The van der Waals surface area contributed by atoms with Gasteiger partial charge in [-0.1, -0.05) is 20.3 Å². The molecule has 0 radical (unpaired) electrons. The van der Waals surface area contributed by atoms with E-state index < -0.39 is 0 Å². The SMILES string of the molecule is C1CC2CNCC2C1.CC.O=C1CCC(Nc2ccc(O)cc2)C(=O)N1. The monoisotopic (exact) mass is 361 g/mol. The van der Waals surface area contributed by atoms with Gasteiger partial charge in [-0.05, 0) is 68.5 Å². The Morgan fingerprint density at radius 1 is 1.00 bits per heavy atom. The number of hydrogen-bond acceptors (Lipinski definition) is 5. The first-order valence-corrected chi connectivity index (χ1v) is 9.72. The fraction of sp³-hybridized carbons (Fsp3) is 0.600. The van der Waals surface area contributed by atoms with Crippen molar-refractivity contribution in [3.63, 3.8) is 0 Å². The molecular formula is C20H31N3O3. The maximum atomic E-state index is 11.4. The number of imide groups is 1. The van der Waals surface area contributed by atoms with E-state index in [4.69, 9.17) is 5.11 Å². The van der Waals surface area contributed by atoms with E-state index in [-0.39, 0.29) is 23.6 Å². The van der Waals surface area contributed by atoms with Crippen LogP contribution in [-0.4, -0.2) is 36.1 Å². The van der Waals surface area contributed by atoms with E-state index in [1.807, 2.05) is 13.8 Å². The molecule has 1 saturated carbocycles. The number of carbonyl (C=O) groups excluding carboxylic acids is 2. The zero-order valence-electron chi connectivity index (χ0n) is 15.8. The summed E-state index contributed by atoms with van der Waals surface area (Å²) in [5.41, 5.74) is 0.743. The average molecular weight is 361 g/mol. The van der Waals surface area contributed by atoms with Gasteiger partial charge < -0.3 is 15.7 Å². The zero-order chi connectivity index (χ0) is 18.9. The highest BCUT2D eigenvalue weighted by Gasteiger charge is 2.30. The highest BCUT2D eigenvalue weighted by atomic mass is 16.3. The van der Waals surface area contributed by atoms with Gasteiger partial charge in [0.1, 0.15) is 11.8 Å². The van der Waals surface area contributed by atoms with Gasteiger partial charge in [0.25, 0.3) is 0 Å². The fourth-order valence-electron chi connectivity index (χ4n) is 3.70. The molecular weight excluding hydrogens is 330 g/mol. The first-order chi connectivity index (χ1) is 12.6. The van der Waals surface area contributed by atoms with Crippen molar-refractivity contribution in [2.45, 2.75) is 52.0 Å². The molecule has 6 heteroatoms. The van der Waals surface area contributed by atoms with E-state index in [0.29, 0.717) is 12.8 Å². The van der Waals surface area contributed by atoms with E-state index in [0.717, 1.165) is 17.5 Å². The second kappa shape index (κ2) is 10.2. The molecule has 3 fully saturated rings. The van der Waals surface area contributed by atoms with Crippen LogP contribution in [0.25, 0.3) is 0 Å². The van der Waals surface area contributed by atoms with Gasteiger partial charge in [0.15, 0.2) is 0 Å². The molecule has 3 atom stereocenters. The van der Waals surface area contributed by atoms with Crippen LogP contribution in [-0.2, 0) is 9.59 Å². The predicted octanol–water partition coefficient (Wildman–Crippen LogP) is 2.64. The topological polar surface area (TPSA) is 90.5 Å². The van der Waals surface area contributed by atoms with Crippen LogP contribution in [0.4, 0.5) is 5.69 Å². The van der Waals surface area contributed by atoms with Gasteiger partial charge in [-0.15, -0.1) is 0 Å². The molecule has 26 heavy (non-hydrogen) atoms. The maximum Gasteiger partial charge on any atom is 0.249 e. The summed E-state index contributed by atoms with van der Waals surface area (Å²) < 4.78 is 0. The zero-order valence-corrected chi connectivity index (χ0v) is 15.8. The minimum atomic E-state index is -0.387. The quantitative estimate of drug-likeness (QED) is 0.480. The number of phenolic OH excluding ortho intramolecular Hbond substituents is 1. The van der Waals surface area contributed by atoms with Crippen molar-refractivity contribution >= 4 is 17.5 Å². The Labute approximate surface area is 155 Å². The molecule has 2 heterocycles. The second-order valence-electron chi connectivity index (χ2n) is 6.80. The van der Waals surface area contributed by atoms with Crippen LogP contribution in [0.5, 0.6) is 5.75 Å². The van der Waals surface area contributed by atoms with Crippen LogP contribution in [0.2, 0.25) is 0 Å². The molecule has 1 aliphatic carbocycles. The van der Waals surface area contributed by atoms with Crippen molar-refractivity contribution in [2.24, 2.45) is 11.8 Å². The molecule has 2 saturated heterocycles. The molecule has 0 bridgehead atoms. The molecule has 144 valence electrons. The lowest BCUT2D eigenvalue weighted by atomic mass is 10.0. The van der Waals surface area contributed by atoms with Crippen molar-refractivity contribution in [3.8, 4) is 5.75 Å². The molecule has 3 unspecified atom stereocenters. The Balaban J connectivity index is 0.000000202. The van der Waals surface area contributed by atoms with Crippen LogP contribution in [0, 0.1) is 11.8 Å². The van der Waals surface area contributed by atoms with Crippen LogP contribution in [0.3, 0.4) is 0 Å². The number of benzene rings is 1. The van der Waals surface area contributed by atoms with Crippen LogP contribution < -0.4 is 16.0 Å². The standard InChI is InChI=1S/C11H12N2O3.C7H13N.C2H6/c14-8-3-1-7(2-4-8)12-9-5-6-10(15)13-11(9)16;1-2-6-4-8-5-7(6)3-1;1-2/h1-4,9,12,14H,5-6H2,(H,13,15,16);6-8H,1-5H2;1-2H3. The Hall–Kier alpha value is -2.08. The summed E-state index contributed by atoms with van der Waals surface area (Å²) in [6.07, 6.45) is 5.33. The van der Waals surface area contributed by atoms with E-state index >= 15 is 0 Å². The Bertz CT molecular complexity index is 568. The van der Waals surface area contributed by atoms with E-state index in [2.05, 4.69) is 16.0 Å². The Kier molecular flexibility index (Phi) is 7.91. The van der Waals surface area contributed by atoms with Crippen molar-refractivity contribution in [2.75, 3.05) is 18.4 Å². The number of phenols is 1. The Morgan fingerprint density at radius 3 is 2.19 bits per heavy atom. The third-order valence-corrected chi connectivity index (χ3v) is 5.08. The van der Waals surface area contributed by atoms with Gasteiger partial charge in [-0.2, -0.15) is 0 Å². The number of hydrogen-bond donors (Lipinski definition) is 4. The number of nitrogens with one attached hydrogen (secondary N) is 3. The third-order valence-electron chi connectivity index (χ3n) is 5.08. The van der Waals surface area contributed by atoms with Gasteiger partial charge >= 0.3 is 0 Å². The molecule has 2 aliphatic heterocycles. The Morgan fingerprint density at radius 2 is 1.62 bits per heavy atom. The summed E-state index contributed by atoms with van der Waals surface area (Å²) in [7, 11) is 0. The first-order valence-electron chi connectivity index (χ1n) is 9.72. The molecule has 4 rings (SSSR count). The molecule has 0 aromatic heterocycles. The number of fused-ring (bicyclic) bond motifs is 1. The first kappa shape index (κ1) is 20.2. The second-order valence-corrected chi connectivity index (χ2v) is 6.80. The lowest BCUT2D eigenvalue weighted by molar-refractivity contribution is -0.133. The average Bonchev–Trinajstić information content (AvgIpc) is 3.26. The van der Waals surface area contributed by atoms with Crippen molar-refractivity contribution in [1.82, 2.24) is 10.6 Å². The lowest BCUT2D eigenvalue weighted by Crippen LogP contribution is -2.47. The number of carbonyl (C=O) groups is 2. The van der Waals surface area contributed by atoms with E-state index in [9.17, 15) is 9.59 Å². The fourth-order valence-corrected chi connectivity index (χ4v) is 3.70. The minimum Gasteiger partial charge on any atom is -0.508 e. The number of rotatable bonds is 2. The smallest absolute Gasteiger partial charge is 0.249 e. The molecule has 1 aromatic rings. The van der Waals surface area contributed by atoms with E-state index in [1.165, 1.54) is 44.5 Å². The van der Waals surface area contributed by atoms with Gasteiger partial charge in [0, 0.05) is 12.1 Å². The van der Waals surface area contributed by atoms with Gasteiger partial charge in [-0.3, -0.25) is 14.9 Å². The number of piperidine rings is 1. The summed E-state index contributed by atoms with van der Waals surface area (Å²) in [5, 5.41) is 17.8.